The van der Waals surface area contributed by atoms with E-state index >= 15 is 0 Å². The minimum atomic E-state index is 0.0500. The highest BCUT2D eigenvalue weighted by Crippen LogP contribution is 2.21. The van der Waals surface area contributed by atoms with Gasteiger partial charge in [0.15, 0.2) is 5.82 Å². The lowest BCUT2D eigenvalue weighted by Gasteiger charge is -2.24. The number of aromatic amines is 1. The Morgan fingerprint density at radius 1 is 1.12 bits per heavy atom. The van der Waals surface area contributed by atoms with Crippen molar-refractivity contribution in [2.45, 2.75) is 6.92 Å². The fourth-order valence-electron chi connectivity index (χ4n) is 2.51. The van der Waals surface area contributed by atoms with Gasteiger partial charge in [-0.05, 0) is 31.2 Å². The second kappa shape index (κ2) is 8.60. The Kier molecular flexibility index (Phi) is 5.99. The zero-order valence-corrected chi connectivity index (χ0v) is 15.2. The average Bonchev–Trinajstić information content (AvgIpc) is 3.16. The lowest BCUT2D eigenvalue weighted by atomic mass is 10.2. The number of benzene rings is 1. The van der Waals surface area contributed by atoms with E-state index < -0.39 is 0 Å². The number of carbonyl (C=O) groups is 1. The number of aromatic nitrogens is 3. The van der Waals surface area contributed by atoms with Crippen LogP contribution >= 0.6 is 11.6 Å². The first kappa shape index (κ1) is 18.1. The largest absolute Gasteiger partial charge is 0.307 e. The maximum Gasteiger partial charge on any atom is 0.242 e. The van der Waals surface area contributed by atoms with Crippen LogP contribution in [0.3, 0.4) is 0 Å². The standard InChI is InChI=1S/C12H13N5O.C7H7Cl/c18-12-8-14-5-6-17(12)11-7-10(15-16-11)9-1-3-13-4-2-9;1-6-2-4-7(8)5-3-6/h1-4,7,14H,5-6,8H2,(H,15,16);2-5H,1H3. The molecule has 4 rings (SSSR count). The van der Waals surface area contributed by atoms with Crippen molar-refractivity contribution < 1.29 is 4.79 Å². The minimum absolute atomic E-state index is 0.0500. The maximum absolute atomic E-state index is 11.7. The van der Waals surface area contributed by atoms with Gasteiger partial charge in [0.05, 0.1) is 12.2 Å². The van der Waals surface area contributed by atoms with E-state index in [1.807, 2.05) is 49.4 Å². The molecular formula is C19H20ClN5O. The van der Waals surface area contributed by atoms with E-state index in [9.17, 15) is 4.79 Å². The molecule has 1 fully saturated rings. The number of hydrogen-bond donors (Lipinski definition) is 2. The van der Waals surface area contributed by atoms with Gasteiger partial charge in [0.1, 0.15) is 0 Å². The molecule has 3 heterocycles. The first-order chi connectivity index (χ1) is 12.6. The molecular weight excluding hydrogens is 350 g/mol. The fourth-order valence-corrected chi connectivity index (χ4v) is 2.64. The van der Waals surface area contributed by atoms with Gasteiger partial charge in [-0.2, -0.15) is 5.10 Å². The molecule has 134 valence electrons. The van der Waals surface area contributed by atoms with Crippen molar-refractivity contribution in [2.75, 3.05) is 24.5 Å². The van der Waals surface area contributed by atoms with Crippen LogP contribution in [0.25, 0.3) is 11.3 Å². The van der Waals surface area contributed by atoms with Crippen molar-refractivity contribution >= 4 is 23.3 Å². The first-order valence-corrected chi connectivity index (χ1v) is 8.70. The highest BCUT2D eigenvalue weighted by atomic mass is 35.5. The maximum atomic E-state index is 11.7. The Bertz CT molecular complexity index is 827. The number of hydrogen-bond acceptors (Lipinski definition) is 4. The van der Waals surface area contributed by atoms with Crippen LogP contribution in [0.4, 0.5) is 5.82 Å². The number of nitrogens with one attached hydrogen (secondary N) is 2. The van der Waals surface area contributed by atoms with Crippen molar-refractivity contribution in [3.05, 3.63) is 65.4 Å². The summed E-state index contributed by atoms with van der Waals surface area (Å²) in [5.41, 5.74) is 3.14. The van der Waals surface area contributed by atoms with Gasteiger partial charge in [-0.3, -0.25) is 19.8 Å². The molecule has 0 radical (unpaired) electrons. The van der Waals surface area contributed by atoms with Crippen LogP contribution in [-0.4, -0.2) is 40.7 Å². The average molecular weight is 370 g/mol. The molecule has 26 heavy (non-hydrogen) atoms. The number of pyridine rings is 1. The monoisotopic (exact) mass is 369 g/mol. The third-order valence-electron chi connectivity index (χ3n) is 3.93. The lowest BCUT2D eigenvalue weighted by molar-refractivity contribution is -0.118. The number of anilines is 1. The van der Waals surface area contributed by atoms with Gasteiger partial charge in [0, 0.05) is 42.1 Å². The van der Waals surface area contributed by atoms with Gasteiger partial charge >= 0.3 is 0 Å². The summed E-state index contributed by atoms with van der Waals surface area (Å²) >= 11 is 5.61. The van der Waals surface area contributed by atoms with E-state index in [1.165, 1.54) is 5.56 Å². The van der Waals surface area contributed by atoms with Crippen LogP contribution in [0.5, 0.6) is 0 Å². The normalized spacial score (nSPS) is 13.9. The second-order valence-corrected chi connectivity index (χ2v) is 6.33. The van der Waals surface area contributed by atoms with E-state index in [2.05, 4.69) is 20.5 Å². The summed E-state index contributed by atoms with van der Waals surface area (Å²) < 4.78 is 0. The van der Waals surface area contributed by atoms with Gasteiger partial charge in [0.25, 0.3) is 0 Å². The fraction of sp³-hybridized carbons (Fsp3) is 0.211. The summed E-state index contributed by atoms with van der Waals surface area (Å²) in [5, 5.41) is 11.0. The Labute approximate surface area is 157 Å². The number of amides is 1. The van der Waals surface area contributed by atoms with Crippen molar-refractivity contribution in [3.8, 4) is 11.3 Å². The summed E-state index contributed by atoms with van der Waals surface area (Å²) in [4.78, 5) is 17.4. The molecule has 0 spiro atoms. The van der Waals surface area contributed by atoms with Crippen molar-refractivity contribution in [1.82, 2.24) is 20.5 Å². The number of piperazine rings is 1. The molecule has 2 aromatic heterocycles. The van der Waals surface area contributed by atoms with Crippen molar-refractivity contribution in [2.24, 2.45) is 0 Å². The Morgan fingerprint density at radius 2 is 1.85 bits per heavy atom. The number of carbonyl (C=O) groups excluding carboxylic acids is 1. The van der Waals surface area contributed by atoms with E-state index in [0.29, 0.717) is 18.9 Å². The number of H-pyrrole nitrogens is 1. The van der Waals surface area contributed by atoms with Crippen LogP contribution in [0.15, 0.2) is 54.9 Å². The van der Waals surface area contributed by atoms with Crippen molar-refractivity contribution in [3.63, 3.8) is 0 Å². The van der Waals surface area contributed by atoms with E-state index in [0.717, 1.165) is 22.8 Å². The van der Waals surface area contributed by atoms with E-state index in [4.69, 9.17) is 11.6 Å². The quantitative estimate of drug-likeness (QED) is 0.728. The Balaban J connectivity index is 0.000000206. The van der Waals surface area contributed by atoms with Gasteiger partial charge in [-0.1, -0.05) is 29.3 Å². The smallest absolute Gasteiger partial charge is 0.242 e. The van der Waals surface area contributed by atoms with Crippen LogP contribution in [0, 0.1) is 6.92 Å². The Hall–Kier alpha value is -2.70. The third-order valence-corrected chi connectivity index (χ3v) is 4.18. The summed E-state index contributed by atoms with van der Waals surface area (Å²) in [5.74, 6) is 0.724. The molecule has 1 aliphatic heterocycles. The summed E-state index contributed by atoms with van der Waals surface area (Å²) in [6.45, 7) is 3.86. The molecule has 1 aliphatic rings. The molecule has 3 aromatic rings. The van der Waals surface area contributed by atoms with Gasteiger partial charge < -0.3 is 5.32 Å². The van der Waals surface area contributed by atoms with Gasteiger partial charge in [0.2, 0.25) is 5.91 Å². The molecule has 1 saturated heterocycles. The summed E-state index contributed by atoms with van der Waals surface area (Å²) in [6.07, 6.45) is 3.46. The number of nitrogens with zero attached hydrogens (tertiary/aromatic N) is 3. The zero-order chi connectivity index (χ0) is 18.4. The van der Waals surface area contributed by atoms with Crippen molar-refractivity contribution in [1.29, 1.82) is 0 Å². The molecule has 0 atom stereocenters. The van der Waals surface area contributed by atoms with Crippen LogP contribution in [-0.2, 0) is 4.79 Å². The minimum Gasteiger partial charge on any atom is -0.307 e. The summed E-state index contributed by atoms with van der Waals surface area (Å²) in [7, 11) is 0. The zero-order valence-electron chi connectivity index (χ0n) is 14.4. The molecule has 6 nitrogen and oxygen atoms in total. The molecule has 1 amide bonds. The van der Waals surface area contributed by atoms with Crippen LogP contribution < -0.4 is 10.2 Å². The second-order valence-electron chi connectivity index (χ2n) is 5.89. The number of rotatable bonds is 2. The predicted molar refractivity (Wildman–Crippen MR) is 103 cm³/mol. The molecule has 0 bridgehead atoms. The molecule has 0 aliphatic carbocycles. The SMILES string of the molecule is Cc1ccc(Cl)cc1.O=C1CNCCN1c1cc(-c2ccncc2)[nH]n1. The van der Waals surface area contributed by atoms with Crippen LogP contribution in [0.1, 0.15) is 5.56 Å². The molecule has 2 N–H and O–H groups in total. The van der Waals surface area contributed by atoms with Gasteiger partial charge in [-0.25, -0.2) is 0 Å². The van der Waals surface area contributed by atoms with Gasteiger partial charge in [-0.15, -0.1) is 0 Å². The number of halogens is 1. The van der Waals surface area contributed by atoms with E-state index in [1.54, 1.807) is 17.3 Å². The molecule has 1 aromatic carbocycles. The topological polar surface area (TPSA) is 73.9 Å². The Morgan fingerprint density at radius 3 is 2.50 bits per heavy atom. The van der Waals surface area contributed by atoms with Crippen LogP contribution in [0.2, 0.25) is 5.02 Å². The first-order valence-electron chi connectivity index (χ1n) is 8.32. The highest BCUT2D eigenvalue weighted by molar-refractivity contribution is 6.30. The predicted octanol–water partition coefficient (Wildman–Crippen LogP) is 3.06. The molecule has 7 heteroatoms. The molecule has 0 unspecified atom stereocenters. The number of aryl methyl sites for hydroxylation is 1. The molecule has 0 saturated carbocycles. The highest BCUT2D eigenvalue weighted by Gasteiger charge is 2.21. The lowest BCUT2D eigenvalue weighted by Crippen LogP contribution is -2.48. The third kappa shape index (κ3) is 4.68. The summed E-state index contributed by atoms with van der Waals surface area (Å²) in [6, 6.07) is 13.4. The van der Waals surface area contributed by atoms with E-state index in [-0.39, 0.29) is 5.91 Å².